The van der Waals surface area contributed by atoms with E-state index >= 15 is 0 Å². The number of nitrogens with zero attached hydrogens (tertiary/aromatic N) is 2. The highest BCUT2D eigenvalue weighted by atomic mass is 32.1. The topological polar surface area (TPSA) is 42.9 Å². The molecule has 76 valence electrons. The summed E-state index contributed by atoms with van der Waals surface area (Å²) in [4.78, 5) is 19.9. The number of rotatable bonds is 3. The monoisotopic (exact) mass is 218 g/mol. The van der Waals surface area contributed by atoms with Crippen molar-refractivity contribution in [3.05, 3.63) is 46.2 Å². The van der Waals surface area contributed by atoms with Crippen LogP contribution in [0.15, 0.2) is 29.9 Å². The van der Waals surface area contributed by atoms with Crippen molar-refractivity contribution in [2.75, 3.05) is 0 Å². The van der Waals surface area contributed by atoms with Crippen LogP contribution in [0.25, 0.3) is 0 Å². The van der Waals surface area contributed by atoms with Crippen LogP contribution in [0.3, 0.4) is 0 Å². The van der Waals surface area contributed by atoms with Crippen LogP contribution in [-0.4, -0.2) is 15.8 Å². The molecule has 0 unspecified atom stereocenters. The lowest BCUT2D eigenvalue weighted by atomic mass is 10.1. The van der Waals surface area contributed by atoms with Crippen LogP contribution in [0.2, 0.25) is 0 Å². The molecule has 0 aliphatic carbocycles. The Bertz CT molecular complexity index is 465. The smallest absolute Gasteiger partial charge is 0.169 e. The van der Waals surface area contributed by atoms with E-state index < -0.39 is 0 Å². The summed E-state index contributed by atoms with van der Waals surface area (Å²) in [5, 5.41) is 2.73. The number of hydrogen-bond donors (Lipinski definition) is 0. The van der Waals surface area contributed by atoms with Crippen molar-refractivity contribution in [1.82, 2.24) is 9.97 Å². The summed E-state index contributed by atoms with van der Waals surface area (Å²) in [7, 11) is 0. The van der Waals surface area contributed by atoms with Gasteiger partial charge in [-0.1, -0.05) is 0 Å². The molecule has 2 aromatic heterocycles. The third kappa shape index (κ3) is 2.47. The lowest BCUT2D eigenvalue weighted by Gasteiger charge is -1.99. The third-order valence-electron chi connectivity index (χ3n) is 2.01. The average molecular weight is 218 g/mol. The number of Topliss-reactive ketones (excluding diaryl/α,β-unsaturated/α-hetero) is 1. The Balaban J connectivity index is 2.15. The largest absolute Gasteiger partial charge is 0.294 e. The predicted molar refractivity (Wildman–Crippen MR) is 59.1 cm³/mol. The van der Waals surface area contributed by atoms with E-state index in [0.29, 0.717) is 12.0 Å². The number of thiazole rings is 1. The van der Waals surface area contributed by atoms with Crippen LogP contribution in [0.5, 0.6) is 0 Å². The predicted octanol–water partition coefficient (Wildman–Crippen LogP) is 2.27. The van der Waals surface area contributed by atoms with Crippen LogP contribution < -0.4 is 0 Å². The van der Waals surface area contributed by atoms with Crippen molar-refractivity contribution in [1.29, 1.82) is 0 Å². The van der Waals surface area contributed by atoms with Crippen molar-refractivity contribution >= 4 is 17.1 Å². The molecule has 0 atom stereocenters. The lowest BCUT2D eigenvalue weighted by molar-refractivity contribution is 0.0992. The highest BCUT2D eigenvalue weighted by molar-refractivity contribution is 7.09. The Morgan fingerprint density at radius 3 is 2.93 bits per heavy atom. The molecule has 2 aromatic rings. The molecule has 0 spiro atoms. The van der Waals surface area contributed by atoms with E-state index in [4.69, 9.17) is 0 Å². The first-order valence-corrected chi connectivity index (χ1v) is 5.48. The molecule has 0 aliphatic heterocycles. The minimum Gasteiger partial charge on any atom is -0.294 e. The summed E-state index contributed by atoms with van der Waals surface area (Å²) in [6.07, 6.45) is 3.75. The standard InChI is InChI=1S/C11H10N2OS/c1-8-6-9(2-3-12-8)10(14)7-11-13-4-5-15-11/h2-6H,7H2,1H3. The number of aromatic nitrogens is 2. The summed E-state index contributed by atoms with van der Waals surface area (Å²) in [6.45, 7) is 1.88. The highest BCUT2D eigenvalue weighted by Crippen LogP contribution is 2.10. The molecular formula is C11H10N2OS. The number of carbonyl (C=O) groups is 1. The molecule has 0 amide bonds. The first-order valence-electron chi connectivity index (χ1n) is 4.60. The second kappa shape index (κ2) is 4.31. The zero-order valence-corrected chi connectivity index (χ0v) is 9.12. The molecule has 0 saturated carbocycles. The molecule has 3 nitrogen and oxygen atoms in total. The molecule has 0 fully saturated rings. The summed E-state index contributed by atoms with van der Waals surface area (Å²) in [6, 6.07) is 3.54. The van der Waals surface area contributed by atoms with Crippen LogP contribution in [0.1, 0.15) is 21.1 Å². The zero-order valence-electron chi connectivity index (χ0n) is 8.30. The second-order valence-corrected chi connectivity index (χ2v) is 4.19. The SMILES string of the molecule is Cc1cc(C(=O)Cc2nccs2)ccn1. The summed E-state index contributed by atoms with van der Waals surface area (Å²) >= 11 is 1.50. The van der Waals surface area contributed by atoms with Gasteiger partial charge in [-0.25, -0.2) is 4.98 Å². The summed E-state index contributed by atoms with van der Waals surface area (Å²) in [5.41, 5.74) is 1.57. The first kappa shape index (κ1) is 9.98. The number of pyridine rings is 1. The van der Waals surface area contributed by atoms with E-state index in [9.17, 15) is 4.79 Å². The van der Waals surface area contributed by atoms with Crippen molar-refractivity contribution in [2.24, 2.45) is 0 Å². The Labute approximate surface area is 91.8 Å². The average Bonchev–Trinajstić information content (AvgIpc) is 2.70. The second-order valence-electron chi connectivity index (χ2n) is 3.21. The first-order chi connectivity index (χ1) is 7.25. The molecule has 0 aromatic carbocycles. The van der Waals surface area contributed by atoms with E-state index in [1.807, 2.05) is 12.3 Å². The van der Waals surface area contributed by atoms with Gasteiger partial charge in [-0.05, 0) is 19.1 Å². The zero-order chi connectivity index (χ0) is 10.7. The molecule has 0 N–H and O–H groups in total. The van der Waals surface area contributed by atoms with Gasteiger partial charge in [0.2, 0.25) is 0 Å². The maximum absolute atomic E-state index is 11.8. The van der Waals surface area contributed by atoms with E-state index in [1.165, 1.54) is 11.3 Å². The third-order valence-corrected chi connectivity index (χ3v) is 2.79. The minimum absolute atomic E-state index is 0.0930. The fourth-order valence-electron chi connectivity index (χ4n) is 1.30. The van der Waals surface area contributed by atoms with Crippen molar-refractivity contribution in [3.63, 3.8) is 0 Å². The lowest BCUT2D eigenvalue weighted by Crippen LogP contribution is -2.03. The molecule has 0 radical (unpaired) electrons. The Kier molecular flexibility index (Phi) is 2.87. The van der Waals surface area contributed by atoms with Gasteiger partial charge in [-0.3, -0.25) is 9.78 Å². The van der Waals surface area contributed by atoms with Gasteiger partial charge in [0.1, 0.15) is 5.01 Å². The molecule has 0 saturated heterocycles. The van der Waals surface area contributed by atoms with E-state index in [2.05, 4.69) is 9.97 Å². The maximum Gasteiger partial charge on any atom is 0.169 e. The minimum atomic E-state index is 0.0930. The fourth-order valence-corrected chi connectivity index (χ4v) is 1.91. The van der Waals surface area contributed by atoms with E-state index in [1.54, 1.807) is 24.5 Å². The van der Waals surface area contributed by atoms with Gasteiger partial charge in [0.05, 0.1) is 6.42 Å². The van der Waals surface area contributed by atoms with Gasteiger partial charge >= 0.3 is 0 Å². The number of ketones is 1. The molecule has 0 aliphatic rings. The van der Waals surface area contributed by atoms with Crippen molar-refractivity contribution in [2.45, 2.75) is 13.3 Å². The van der Waals surface area contributed by atoms with Gasteiger partial charge in [-0.2, -0.15) is 0 Å². The molecule has 4 heteroatoms. The fraction of sp³-hybridized carbons (Fsp3) is 0.182. The normalized spacial score (nSPS) is 10.2. The Morgan fingerprint density at radius 2 is 2.27 bits per heavy atom. The van der Waals surface area contributed by atoms with Crippen LogP contribution in [-0.2, 0) is 6.42 Å². The van der Waals surface area contributed by atoms with Crippen LogP contribution in [0, 0.1) is 6.92 Å². The number of hydrogen-bond acceptors (Lipinski definition) is 4. The molecule has 2 rings (SSSR count). The van der Waals surface area contributed by atoms with Crippen LogP contribution in [0.4, 0.5) is 0 Å². The molecule has 2 heterocycles. The van der Waals surface area contributed by atoms with Gasteiger partial charge in [0.25, 0.3) is 0 Å². The van der Waals surface area contributed by atoms with Crippen LogP contribution >= 0.6 is 11.3 Å². The molecule has 15 heavy (non-hydrogen) atoms. The van der Waals surface area contributed by atoms with Gasteiger partial charge in [-0.15, -0.1) is 11.3 Å². The van der Waals surface area contributed by atoms with E-state index in [0.717, 1.165) is 10.7 Å². The molecule has 0 bridgehead atoms. The quantitative estimate of drug-likeness (QED) is 0.742. The van der Waals surface area contributed by atoms with Gasteiger partial charge in [0, 0.05) is 29.0 Å². The highest BCUT2D eigenvalue weighted by Gasteiger charge is 2.08. The summed E-state index contributed by atoms with van der Waals surface area (Å²) < 4.78 is 0. The van der Waals surface area contributed by atoms with Crippen molar-refractivity contribution in [3.8, 4) is 0 Å². The Hall–Kier alpha value is -1.55. The Morgan fingerprint density at radius 1 is 1.40 bits per heavy atom. The number of carbonyl (C=O) groups excluding carboxylic acids is 1. The van der Waals surface area contributed by atoms with Crippen molar-refractivity contribution < 1.29 is 4.79 Å². The van der Waals surface area contributed by atoms with Gasteiger partial charge < -0.3 is 0 Å². The maximum atomic E-state index is 11.8. The van der Waals surface area contributed by atoms with Gasteiger partial charge in [0.15, 0.2) is 5.78 Å². The summed E-state index contributed by atoms with van der Waals surface area (Å²) in [5.74, 6) is 0.0930. The molecular weight excluding hydrogens is 208 g/mol. The number of aryl methyl sites for hydroxylation is 1. The van der Waals surface area contributed by atoms with E-state index in [-0.39, 0.29) is 5.78 Å².